The summed E-state index contributed by atoms with van der Waals surface area (Å²) in [5, 5.41) is 0.725. The number of halogens is 1. The molecule has 0 aromatic heterocycles. The fraction of sp³-hybridized carbons (Fsp3) is 0.611. The van der Waals surface area contributed by atoms with Gasteiger partial charge in [0.2, 0.25) is 0 Å². The van der Waals surface area contributed by atoms with Gasteiger partial charge >= 0.3 is 0 Å². The zero-order valence-electron chi connectivity index (χ0n) is 16.0. The average Bonchev–Trinajstić information content (AvgIpc) is 2.40. The van der Waals surface area contributed by atoms with Gasteiger partial charge in [0.25, 0.3) is 0 Å². The van der Waals surface area contributed by atoms with E-state index in [-0.39, 0.29) is 11.1 Å². The first-order valence-electron chi connectivity index (χ1n) is 8.13. The molecule has 0 bridgehead atoms. The predicted molar refractivity (Wildman–Crippen MR) is 109 cm³/mol. The smallest absolute Gasteiger partial charge is 0.193 e. The van der Waals surface area contributed by atoms with E-state index in [2.05, 4.69) is 38.3 Å². The van der Waals surface area contributed by atoms with Crippen LogP contribution in [0, 0.1) is 0 Å². The molecular formula is C18H30ClNO2SSi. The lowest BCUT2D eigenvalue weighted by Crippen LogP contribution is -2.42. The van der Waals surface area contributed by atoms with Gasteiger partial charge in [0.05, 0.1) is 6.21 Å². The van der Waals surface area contributed by atoms with Crippen LogP contribution in [0.3, 0.4) is 0 Å². The predicted octanol–water partition coefficient (Wildman–Crippen LogP) is 5.94. The van der Waals surface area contributed by atoms with Gasteiger partial charge in [0.1, 0.15) is 22.2 Å². The monoisotopic (exact) mass is 387 g/mol. The summed E-state index contributed by atoms with van der Waals surface area (Å²) in [6.45, 7) is 16.7. The fourth-order valence-electron chi connectivity index (χ4n) is 1.63. The molecule has 2 atom stereocenters. The van der Waals surface area contributed by atoms with Gasteiger partial charge in [0, 0.05) is 5.02 Å². The molecule has 0 aliphatic rings. The summed E-state index contributed by atoms with van der Waals surface area (Å²) in [6, 6.07) is 7.58. The van der Waals surface area contributed by atoms with Crippen LogP contribution in [0.15, 0.2) is 28.7 Å². The van der Waals surface area contributed by atoms with Crippen LogP contribution in [0.2, 0.25) is 23.2 Å². The quantitative estimate of drug-likeness (QED) is 0.356. The molecule has 0 spiro atoms. The van der Waals surface area contributed by atoms with E-state index in [9.17, 15) is 4.55 Å². The number of hydrogen-bond donors (Lipinski definition) is 0. The van der Waals surface area contributed by atoms with Gasteiger partial charge < -0.3 is 8.98 Å². The zero-order chi connectivity index (χ0) is 18.8. The van der Waals surface area contributed by atoms with Crippen LogP contribution in [0.4, 0.5) is 0 Å². The van der Waals surface area contributed by atoms with E-state index < -0.39 is 24.4 Å². The van der Waals surface area contributed by atoms with Crippen molar-refractivity contribution in [2.75, 3.05) is 0 Å². The van der Waals surface area contributed by atoms with Gasteiger partial charge in [0.15, 0.2) is 8.32 Å². The minimum atomic E-state index is -2.02. The molecule has 0 aliphatic heterocycles. The van der Waals surface area contributed by atoms with Crippen LogP contribution in [0.1, 0.15) is 53.2 Å². The van der Waals surface area contributed by atoms with Crippen LogP contribution < -0.4 is 0 Å². The molecule has 0 N–H and O–H groups in total. The molecule has 1 rings (SSSR count). The molecule has 0 heterocycles. The van der Waals surface area contributed by atoms with Crippen LogP contribution >= 0.6 is 11.6 Å². The first-order valence-corrected chi connectivity index (χ1v) is 12.5. The number of rotatable bonds is 5. The van der Waals surface area contributed by atoms with Crippen molar-refractivity contribution >= 4 is 37.5 Å². The highest BCUT2D eigenvalue weighted by Gasteiger charge is 2.39. The highest BCUT2D eigenvalue weighted by molar-refractivity contribution is 7.91. The lowest BCUT2D eigenvalue weighted by molar-refractivity contribution is 0.251. The minimum Gasteiger partial charge on any atom is -0.591 e. The van der Waals surface area contributed by atoms with E-state index in [1.165, 1.54) is 0 Å². The van der Waals surface area contributed by atoms with Crippen molar-refractivity contribution in [3.63, 3.8) is 0 Å². The second-order valence-corrected chi connectivity index (χ2v) is 15.6. The van der Waals surface area contributed by atoms with Gasteiger partial charge in [-0.1, -0.05) is 48.9 Å². The highest BCUT2D eigenvalue weighted by atomic mass is 35.5. The van der Waals surface area contributed by atoms with Crippen molar-refractivity contribution in [2.24, 2.45) is 4.40 Å². The molecule has 0 fully saturated rings. The molecule has 6 heteroatoms. The standard InChI is InChI=1S/C18H30ClNO2SSi/c1-17(2,3)23(21)20-13-16(14-10-9-11-15(19)12-14)22-24(7,8)18(4,5)6/h9-13,16H,1-8H3/t16-,23?/m1/s1. The summed E-state index contributed by atoms with van der Waals surface area (Å²) in [5.41, 5.74) is 0.932. The highest BCUT2D eigenvalue weighted by Crippen LogP contribution is 2.39. The van der Waals surface area contributed by atoms with E-state index in [0.717, 1.165) is 5.56 Å². The Bertz CT molecular complexity index is 579. The summed E-state index contributed by atoms with van der Waals surface area (Å²) in [5.74, 6) is 0. The molecular weight excluding hydrogens is 358 g/mol. The summed E-state index contributed by atoms with van der Waals surface area (Å²) in [7, 11) is -2.02. The Kier molecular flexibility index (Phi) is 7.16. The molecule has 1 unspecified atom stereocenters. The Morgan fingerprint density at radius 3 is 2.25 bits per heavy atom. The molecule has 24 heavy (non-hydrogen) atoms. The third-order valence-corrected chi connectivity index (χ3v) is 10.3. The molecule has 1 aromatic rings. The van der Waals surface area contributed by atoms with Crippen molar-refractivity contribution in [2.45, 2.75) is 70.5 Å². The molecule has 0 aliphatic carbocycles. The van der Waals surface area contributed by atoms with Crippen LogP contribution in [-0.2, 0) is 15.8 Å². The molecule has 0 saturated carbocycles. The summed E-state index contributed by atoms with van der Waals surface area (Å²) < 4.78 is 22.6. The molecule has 1 aromatic carbocycles. The van der Waals surface area contributed by atoms with Gasteiger partial charge in [-0.2, -0.15) is 0 Å². The van der Waals surface area contributed by atoms with Crippen LogP contribution in [-0.4, -0.2) is 23.8 Å². The van der Waals surface area contributed by atoms with E-state index in [0.29, 0.717) is 5.02 Å². The second kappa shape index (κ2) is 7.91. The zero-order valence-corrected chi connectivity index (χ0v) is 18.6. The molecule has 0 radical (unpaired) electrons. The largest absolute Gasteiger partial charge is 0.591 e. The van der Waals surface area contributed by atoms with Crippen molar-refractivity contribution in [1.29, 1.82) is 0 Å². The number of nitrogens with zero attached hydrogens (tertiary/aromatic N) is 1. The SMILES string of the molecule is CC(C)(C)[S+]([O-])N=C[C@@H](O[Si](C)(C)C(C)(C)C)c1cccc(Cl)c1. The number of benzene rings is 1. The normalized spacial score (nSPS) is 16.4. The van der Waals surface area contributed by atoms with Crippen molar-refractivity contribution < 1.29 is 8.98 Å². The Hall–Kier alpha value is -0.333. The molecule has 0 saturated heterocycles. The van der Waals surface area contributed by atoms with Gasteiger partial charge in [-0.3, -0.25) is 0 Å². The van der Waals surface area contributed by atoms with Gasteiger partial charge in [-0.15, -0.1) is 0 Å². The lowest BCUT2D eigenvalue weighted by atomic mass is 10.1. The Morgan fingerprint density at radius 1 is 1.21 bits per heavy atom. The number of hydrogen-bond acceptors (Lipinski definition) is 3. The van der Waals surface area contributed by atoms with E-state index in [4.69, 9.17) is 16.0 Å². The Morgan fingerprint density at radius 2 is 1.79 bits per heavy atom. The molecule has 3 nitrogen and oxygen atoms in total. The maximum absolute atomic E-state index is 12.3. The summed E-state index contributed by atoms with van der Waals surface area (Å²) in [4.78, 5) is 0. The first kappa shape index (κ1) is 21.7. The summed E-state index contributed by atoms with van der Waals surface area (Å²) in [6.07, 6.45) is 1.32. The van der Waals surface area contributed by atoms with Gasteiger partial charge in [-0.05, 0) is 56.6 Å². The third kappa shape index (κ3) is 6.19. The fourth-order valence-corrected chi connectivity index (χ4v) is 3.55. The van der Waals surface area contributed by atoms with E-state index in [1.807, 2.05) is 45.0 Å². The molecule has 136 valence electrons. The summed E-state index contributed by atoms with van der Waals surface area (Å²) >= 11 is 4.82. The van der Waals surface area contributed by atoms with Crippen molar-refractivity contribution in [3.05, 3.63) is 34.9 Å². The molecule has 0 amide bonds. The maximum atomic E-state index is 12.3. The maximum Gasteiger partial charge on any atom is 0.193 e. The minimum absolute atomic E-state index is 0.0703. The van der Waals surface area contributed by atoms with Crippen molar-refractivity contribution in [3.8, 4) is 0 Å². The van der Waals surface area contributed by atoms with E-state index >= 15 is 0 Å². The third-order valence-electron chi connectivity index (χ3n) is 4.22. The van der Waals surface area contributed by atoms with Gasteiger partial charge in [-0.25, -0.2) is 0 Å². The Labute approximate surface area is 156 Å². The van der Waals surface area contributed by atoms with Crippen LogP contribution in [0.25, 0.3) is 0 Å². The first-order chi connectivity index (χ1) is 10.7. The average molecular weight is 388 g/mol. The Balaban J connectivity index is 3.16. The second-order valence-electron chi connectivity index (χ2n) is 8.47. The van der Waals surface area contributed by atoms with E-state index in [1.54, 1.807) is 6.21 Å². The lowest BCUT2D eigenvalue weighted by Gasteiger charge is -2.38. The van der Waals surface area contributed by atoms with Crippen LogP contribution in [0.5, 0.6) is 0 Å². The van der Waals surface area contributed by atoms with Crippen molar-refractivity contribution in [1.82, 2.24) is 0 Å². The topological polar surface area (TPSA) is 44.7 Å².